The zero-order chi connectivity index (χ0) is 18.1. The average molecular weight is 363 g/mol. The maximum atomic E-state index is 5.06. The predicted octanol–water partition coefficient (Wildman–Crippen LogP) is 5.38. The van der Waals surface area contributed by atoms with E-state index in [9.17, 15) is 0 Å². The molecule has 0 unspecified atom stereocenters. The SMILES string of the molecule is CCCCCN(CCCCC)C(=S)[S-].CC[N+](CC)(CC)CC. The third-order valence-corrected chi connectivity index (χ3v) is 5.52. The highest BCUT2D eigenvalue weighted by molar-refractivity contribution is 8.00. The van der Waals surface area contributed by atoms with Gasteiger partial charge in [0.2, 0.25) is 0 Å². The van der Waals surface area contributed by atoms with Crippen LogP contribution >= 0.6 is 12.2 Å². The molecule has 0 aromatic rings. The van der Waals surface area contributed by atoms with E-state index in [1.165, 1.54) is 69.2 Å². The third-order valence-electron chi connectivity index (χ3n) is 5.00. The molecule has 0 aromatic heterocycles. The van der Waals surface area contributed by atoms with Crippen molar-refractivity contribution >= 4 is 29.2 Å². The van der Waals surface area contributed by atoms with Crippen LogP contribution in [0.25, 0.3) is 0 Å². The molecule has 0 saturated carbocycles. The molecular weight excluding hydrogens is 320 g/mol. The minimum absolute atomic E-state index is 0.650. The average Bonchev–Trinajstić information content (AvgIpc) is 2.57. The fourth-order valence-corrected chi connectivity index (χ4v) is 3.11. The minimum atomic E-state index is 0.650. The maximum Gasteiger partial charge on any atom is 0.0757 e. The molecule has 0 N–H and O–H groups in total. The summed E-state index contributed by atoms with van der Waals surface area (Å²) in [7, 11) is 0. The molecule has 0 amide bonds. The Morgan fingerprint density at radius 2 is 1.09 bits per heavy atom. The lowest BCUT2D eigenvalue weighted by Gasteiger charge is -2.34. The lowest BCUT2D eigenvalue weighted by atomic mass is 10.2. The number of quaternary nitrogens is 1. The van der Waals surface area contributed by atoms with Crippen molar-refractivity contribution in [2.45, 2.75) is 80.1 Å². The first kappa shape index (κ1) is 25.3. The van der Waals surface area contributed by atoms with Crippen LogP contribution in [0.15, 0.2) is 0 Å². The summed E-state index contributed by atoms with van der Waals surface area (Å²) in [6, 6.07) is 0. The van der Waals surface area contributed by atoms with Crippen LogP contribution in [-0.4, -0.2) is 53.0 Å². The second kappa shape index (κ2) is 16.9. The minimum Gasteiger partial charge on any atom is -0.411 e. The first-order valence-corrected chi connectivity index (χ1v) is 10.6. The zero-order valence-corrected chi connectivity index (χ0v) is 18.3. The van der Waals surface area contributed by atoms with Gasteiger partial charge < -0.3 is 34.2 Å². The van der Waals surface area contributed by atoms with Gasteiger partial charge in [0.1, 0.15) is 0 Å². The summed E-state index contributed by atoms with van der Waals surface area (Å²) in [6.45, 7) is 20.8. The lowest BCUT2D eigenvalue weighted by Crippen LogP contribution is -2.47. The zero-order valence-electron chi connectivity index (χ0n) is 16.7. The van der Waals surface area contributed by atoms with Gasteiger partial charge in [-0.25, -0.2) is 0 Å². The van der Waals surface area contributed by atoms with E-state index in [1.807, 2.05) is 0 Å². The summed E-state index contributed by atoms with van der Waals surface area (Å²) in [6.07, 6.45) is 7.52. The standard InChI is InChI=1S/C11H23NS2.C8H20N/c1-3-5-7-9-12(11(13)14)10-8-6-4-2;1-5-9(6-2,7-3)8-4/h3-10H2,1-2H3,(H,13,14);5-8H2,1-4H3/q;+1/p-1. The van der Waals surface area contributed by atoms with E-state index in [4.69, 9.17) is 24.8 Å². The molecule has 0 rings (SSSR count). The Kier molecular flexibility index (Phi) is 18.6. The molecule has 0 aliphatic carbocycles. The number of hydrogen-bond donors (Lipinski definition) is 0. The van der Waals surface area contributed by atoms with Gasteiger partial charge in [-0.15, -0.1) is 0 Å². The van der Waals surface area contributed by atoms with Crippen molar-refractivity contribution in [3.63, 3.8) is 0 Å². The molecule has 140 valence electrons. The van der Waals surface area contributed by atoms with Gasteiger partial charge >= 0.3 is 0 Å². The summed E-state index contributed by atoms with van der Waals surface area (Å²) < 4.78 is 1.93. The van der Waals surface area contributed by atoms with Gasteiger partial charge in [0.25, 0.3) is 0 Å². The van der Waals surface area contributed by atoms with Crippen LogP contribution in [0.3, 0.4) is 0 Å². The Hall–Kier alpha value is 0.0700. The molecule has 0 heterocycles. The number of hydrogen-bond acceptors (Lipinski definition) is 2. The molecule has 0 aromatic carbocycles. The molecular formula is C19H42N2S2. The monoisotopic (exact) mass is 362 g/mol. The molecule has 0 saturated heterocycles. The first-order chi connectivity index (χ1) is 11.0. The van der Waals surface area contributed by atoms with Crippen LogP contribution in [-0.2, 0) is 12.6 Å². The third kappa shape index (κ3) is 13.1. The lowest BCUT2D eigenvalue weighted by molar-refractivity contribution is -0.921. The van der Waals surface area contributed by atoms with Crippen molar-refractivity contribution in [1.29, 1.82) is 0 Å². The van der Waals surface area contributed by atoms with Crippen molar-refractivity contribution in [3.8, 4) is 0 Å². The Morgan fingerprint density at radius 1 is 0.739 bits per heavy atom. The molecule has 2 nitrogen and oxygen atoms in total. The Balaban J connectivity index is 0. The Labute approximate surface area is 158 Å². The largest absolute Gasteiger partial charge is 0.411 e. The van der Waals surface area contributed by atoms with Gasteiger partial charge in [-0.05, 0) is 40.5 Å². The van der Waals surface area contributed by atoms with Crippen LogP contribution in [0.5, 0.6) is 0 Å². The topological polar surface area (TPSA) is 3.24 Å². The van der Waals surface area contributed by atoms with Crippen LogP contribution in [0.2, 0.25) is 0 Å². The fourth-order valence-electron chi connectivity index (χ4n) is 2.74. The Morgan fingerprint density at radius 3 is 1.26 bits per heavy atom. The van der Waals surface area contributed by atoms with Gasteiger partial charge in [-0.3, -0.25) is 0 Å². The van der Waals surface area contributed by atoms with Gasteiger partial charge in [0.05, 0.1) is 26.2 Å². The van der Waals surface area contributed by atoms with Crippen molar-refractivity contribution in [2.75, 3.05) is 39.3 Å². The summed E-state index contributed by atoms with van der Waals surface area (Å²) in [5, 5.41) is 0. The first-order valence-electron chi connectivity index (χ1n) is 9.77. The molecule has 0 aliphatic rings. The molecule has 0 atom stereocenters. The molecule has 0 spiro atoms. The van der Waals surface area contributed by atoms with Crippen molar-refractivity contribution in [2.24, 2.45) is 0 Å². The summed E-state index contributed by atoms with van der Waals surface area (Å²) in [5.41, 5.74) is 0. The van der Waals surface area contributed by atoms with Crippen LogP contribution in [0.1, 0.15) is 80.1 Å². The number of unbranched alkanes of at least 4 members (excludes halogenated alkanes) is 4. The van der Waals surface area contributed by atoms with E-state index < -0.39 is 0 Å². The molecule has 0 aliphatic heterocycles. The quantitative estimate of drug-likeness (QED) is 0.198. The van der Waals surface area contributed by atoms with Crippen LogP contribution in [0, 0.1) is 0 Å². The smallest absolute Gasteiger partial charge is 0.0757 e. The van der Waals surface area contributed by atoms with Crippen LogP contribution in [0.4, 0.5) is 0 Å². The van der Waals surface area contributed by atoms with Crippen molar-refractivity contribution < 1.29 is 4.48 Å². The summed E-state index contributed by atoms with van der Waals surface area (Å²) in [5.74, 6) is 0. The highest BCUT2D eigenvalue weighted by Gasteiger charge is 2.16. The molecule has 23 heavy (non-hydrogen) atoms. The van der Waals surface area contributed by atoms with E-state index in [2.05, 4.69) is 46.4 Å². The van der Waals surface area contributed by atoms with E-state index in [-0.39, 0.29) is 0 Å². The molecule has 4 heteroatoms. The van der Waals surface area contributed by atoms with Crippen LogP contribution < -0.4 is 0 Å². The van der Waals surface area contributed by atoms with E-state index in [1.54, 1.807) is 0 Å². The second-order valence-corrected chi connectivity index (χ2v) is 7.31. The van der Waals surface area contributed by atoms with Gasteiger partial charge in [-0.1, -0.05) is 43.9 Å². The highest BCUT2D eigenvalue weighted by Crippen LogP contribution is 2.04. The van der Waals surface area contributed by atoms with E-state index in [0.717, 1.165) is 13.1 Å². The number of nitrogens with zero attached hydrogens (tertiary/aromatic N) is 2. The summed E-state index contributed by atoms with van der Waals surface area (Å²) >= 11 is 10.1. The predicted molar refractivity (Wildman–Crippen MR) is 113 cm³/mol. The Bertz CT molecular complexity index is 239. The maximum absolute atomic E-state index is 5.06. The van der Waals surface area contributed by atoms with E-state index in [0.29, 0.717) is 4.32 Å². The molecule has 0 fully saturated rings. The number of thiocarbonyl (C=S) groups is 1. The second-order valence-electron chi connectivity index (χ2n) is 6.27. The molecule has 0 radical (unpaired) electrons. The van der Waals surface area contributed by atoms with Gasteiger partial charge in [0.15, 0.2) is 0 Å². The van der Waals surface area contributed by atoms with Gasteiger partial charge in [-0.2, -0.15) is 0 Å². The summed E-state index contributed by atoms with van der Waals surface area (Å²) in [4.78, 5) is 2.18. The highest BCUT2D eigenvalue weighted by atomic mass is 32.1. The number of rotatable bonds is 12. The van der Waals surface area contributed by atoms with Crippen molar-refractivity contribution in [3.05, 3.63) is 0 Å². The molecule has 0 bridgehead atoms. The van der Waals surface area contributed by atoms with Gasteiger partial charge in [0, 0.05) is 13.1 Å². The van der Waals surface area contributed by atoms with E-state index >= 15 is 0 Å². The normalized spacial score (nSPS) is 10.9. The van der Waals surface area contributed by atoms with Crippen molar-refractivity contribution in [1.82, 2.24) is 4.90 Å². The fraction of sp³-hybridized carbons (Fsp3) is 0.947.